The summed E-state index contributed by atoms with van der Waals surface area (Å²) < 4.78 is 13.9. The summed E-state index contributed by atoms with van der Waals surface area (Å²) in [6.45, 7) is 1.89. The third-order valence-corrected chi connectivity index (χ3v) is 5.46. The number of Topliss-reactive ketones (excluding diaryl/α,β-unsaturated/α-hetero) is 1. The molecule has 0 amide bonds. The molecule has 2 atom stereocenters. The molecule has 1 aliphatic carbocycles. The van der Waals surface area contributed by atoms with Crippen LogP contribution in [0, 0.1) is 11.3 Å². The molecule has 1 rings (SSSR count). The molecule has 144 valence electrons. The van der Waals surface area contributed by atoms with Gasteiger partial charge in [-0.05, 0) is 44.4 Å². The van der Waals surface area contributed by atoms with Crippen LogP contribution in [0.15, 0.2) is 12.2 Å². The van der Waals surface area contributed by atoms with Crippen molar-refractivity contribution in [3.8, 4) is 0 Å². The second-order valence-electron chi connectivity index (χ2n) is 7.15. The van der Waals surface area contributed by atoms with Gasteiger partial charge in [-0.3, -0.25) is 9.59 Å². The summed E-state index contributed by atoms with van der Waals surface area (Å²) >= 11 is 0. The number of ketones is 1. The number of carboxylic acids is 1. The van der Waals surface area contributed by atoms with Crippen molar-refractivity contribution in [3.63, 3.8) is 0 Å². The van der Waals surface area contributed by atoms with Gasteiger partial charge in [-0.1, -0.05) is 44.8 Å². The van der Waals surface area contributed by atoms with Crippen LogP contribution in [-0.2, 0) is 9.59 Å². The van der Waals surface area contributed by atoms with Gasteiger partial charge < -0.3 is 10.2 Å². The lowest BCUT2D eigenvalue weighted by Gasteiger charge is -2.34. The first kappa shape index (κ1) is 21.8. The molecular weight excluding hydrogens is 323 g/mol. The van der Waals surface area contributed by atoms with E-state index >= 15 is 0 Å². The van der Waals surface area contributed by atoms with Gasteiger partial charge >= 0.3 is 5.97 Å². The Hall–Kier alpha value is -1.23. The molecular formula is C20H33FO4. The van der Waals surface area contributed by atoms with E-state index in [0.717, 1.165) is 38.5 Å². The van der Waals surface area contributed by atoms with Crippen molar-refractivity contribution >= 4 is 11.8 Å². The number of aliphatic carboxylic acids is 1. The van der Waals surface area contributed by atoms with Crippen molar-refractivity contribution in [3.05, 3.63) is 12.2 Å². The van der Waals surface area contributed by atoms with Gasteiger partial charge in [0.2, 0.25) is 0 Å². The number of aliphatic hydroxyl groups excluding tert-OH is 1. The normalized spacial score (nSPS) is 19.2. The number of carbonyl (C=O) groups is 2. The summed E-state index contributed by atoms with van der Waals surface area (Å²) in [5.74, 6) is -1.54. The predicted octanol–water partition coefficient (Wildman–Crippen LogP) is 4.45. The van der Waals surface area contributed by atoms with E-state index in [1.165, 1.54) is 0 Å². The maximum Gasteiger partial charge on any atom is 0.317 e. The zero-order valence-electron chi connectivity index (χ0n) is 15.4. The summed E-state index contributed by atoms with van der Waals surface area (Å²) in [7, 11) is 0. The highest BCUT2D eigenvalue weighted by atomic mass is 19.1. The minimum absolute atomic E-state index is 0.00258. The molecule has 0 aliphatic heterocycles. The Morgan fingerprint density at radius 3 is 2.48 bits per heavy atom. The summed E-state index contributed by atoms with van der Waals surface area (Å²) in [5.41, 5.74) is -1.40. The largest absolute Gasteiger partial charge is 0.480 e. The number of hydrogen-bond donors (Lipinski definition) is 2. The van der Waals surface area contributed by atoms with Crippen LogP contribution in [0.25, 0.3) is 0 Å². The first-order valence-electron chi connectivity index (χ1n) is 9.65. The van der Waals surface area contributed by atoms with Crippen LogP contribution in [0.2, 0.25) is 0 Å². The molecule has 0 bridgehead atoms. The molecule has 0 aromatic rings. The van der Waals surface area contributed by atoms with E-state index in [0.29, 0.717) is 12.8 Å². The Morgan fingerprint density at radius 1 is 1.24 bits per heavy atom. The second kappa shape index (κ2) is 11.4. The average molecular weight is 356 g/mol. The number of rotatable bonds is 13. The standard InChI is InChI=1S/C20H33FO4/c1-2-3-11-17(21)12-13-18(23)20(19(24)25,14-7-4-8-15-22)16-9-5-6-10-16/h4,8,16-17,22H,2-3,5-7,9-15H2,1H3,(H,24,25)/t17?,20-/m0/s1. The van der Waals surface area contributed by atoms with Crippen LogP contribution in [0.4, 0.5) is 4.39 Å². The highest BCUT2D eigenvalue weighted by Gasteiger charge is 2.51. The Morgan fingerprint density at radius 2 is 1.92 bits per heavy atom. The number of carboxylic acid groups (broad SMARTS) is 1. The van der Waals surface area contributed by atoms with Crippen LogP contribution in [0.3, 0.4) is 0 Å². The summed E-state index contributed by atoms with van der Waals surface area (Å²) in [6, 6.07) is 0. The van der Waals surface area contributed by atoms with Gasteiger partial charge in [0.1, 0.15) is 11.6 Å². The van der Waals surface area contributed by atoms with Crippen molar-refractivity contribution in [2.75, 3.05) is 6.61 Å². The van der Waals surface area contributed by atoms with Gasteiger partial charge in [0.15, 0.2) is 5.78 Å². The third kappa shape index (κ3) is 6.21. The van der Waals surface area contributed by atoms with Gasteiger partial charge in [0, 0.05) is 6.42 Å². The van der Waals surface area contributed by atoms with Gasteiger partial charge in [-0.2, -0.15) is 0 Å². The Kier molecular flexibility index (Phi) is 9.94. The van der Waals surface area contributed by atoms with E-state index in [9.17, 15) is 19.1 Å². The van der Waals surface area contributed by atoms with E-state index in [2.05, 4.69) is 0 Å². The number of carbonyl (C=O) groups excluding carboxylic acids is 1. The van der Waals surface area contributed by atoms with Crippen LogP contribution < -0.4 is 0 Å². The molecule has 0 radical (unpaired) electrons. The maximum atomic E-state index is 13.9. The molecule has 0 saturated heterocycles. The number of hydrogen-bond acceptors (Lipinski definition) is 3. The maximum absolute atomic E-state index is 13.9. The van der Waals surface area contributed by atoms with E-state index in [4.69, 9.17) is 5.11 Å². The number of aliphatic hydroxyl groups is 1. The molecule has 0 aromatic heterocycles. The van der Waals surface area contributed by atoms with Crippen molar-refractivity contribution in [2.24, 2.45) is 11.3 Å². The Bertz CT molecular complexity index is 443. The van der Waals surface area contributed by atoms with Crippen LogP contribution in [0.1, 0.15) is 77.6 Å². The third-order valence-electron chi connectivity index (χ3n) is 5.46. The fourth-order valence-electron chi connectivity index (χ4n) is 3.97. The lowest BCUT2D eigenvalue weighted by molar-refractivity contribution is -0.160. The highest BCUT2D eigenvalue weighted by Crippen LogP contribution is 2.45. The average Bonchev–Trinajstić information content (AvgIpc) is 3.12. The first-order chi connectivity index (χ1) is 12.0. The minimum atomic E-state index is -1.40. The van der Waals surface area contributed by atoms with Crippen molar-refractivity contribution in [1.82, 2.24) is 0 Å². The molecule has 0 heterocycles. The fraction of sp³-hybridized carbons (Fsp3) is 0.800. The molecule has 5 heteroatoms. The smallest absolute Gasteiger partial charge is 0.317 e. The van der Waals surface area contributed by atoms with Crippen LogP contribution in [0.5, 0.6) is 0 Å². The van der Waals surface area contributed by atoms with Gasteiger partial charge in [-0.15, -0.1) is 0 Å². The molecule has 25 heavy (non-hydrogen) atoms. The molecule has 2 N–H and O–H groups in total. The second-order valence-corrected chi connectivity index (χ2v) is 7.15. The summed E-state index contributed by atoms with van der Waals surface area (Å²) in [5, 5.41) is 18.8. The molecule has 0 aromatic carbocycles. The monoisotopic (exact) mass is 356 g/mol. The zero-order valence-corrected chi connectivity index (χ0v) is 15.4. The number of unbranched alkanes of at least 4 members (excludes halogenated alkanes) is 1. The molecule has 1 fully saturated rings. The lowest BCUT2D eigenvalue weighted by atomic mass is 9.67. The molecule has 4 nitrogen and oxygen atoms in total. The van der Waals surface area contributed by atoms with E-state index in [-0.39, 0.29) is 37.6 Å². The number of allylic oxidation sites excluding steroid dienone is 1. The number of halogens is 1. The van der Waals surface area contributed by atoms with Crippen LogP contribution >= 0.6 is 0 Å². The zero-order chi connectivity index (χ0) is 18.7. The quantitative estimate of drug-likeness (QED) is 0.377. The van der Waals surface area contributed by atoms with E-state index in [1.807, 2.05) is 6.92 Å². The summed E-state index contributed by atoms with van der Waals surface area (Å²) in [4.78, 5) is 25.1. The Labute approximate surface area is 150 Å². The molecule has 1 aliphatic rings. The number of alkyl halides is 1. The minimum Gasteiger partial charge on any atom is -0.480 e. The SMILES string of the molecule is CCCCC(F)CCC(=O)[C@@](CCC=CCO)(C(=O)O)C1CCCC1. The fourth-order valence-corrected chi connectivity index (χ4v) is 3.97. The van der Waals surface area contributed by atoms with E-state index < -0.39 is 17.6 Å². The Balaban J connectivity index is 2.84. The van der Waals surface area contributed by atoms with Crippen molar-refractivity contribution in [2.45, 2.75) is 83.7 Å². The van der Waals surface area contributed by atoms with Crippen molar-refractivity contribution in [1.29, 1.82) is 0 Å². The van der Waals surface area contributed by atoms with Gasteiger partial charge in [0.25, 0.3) is 0 Å². The van der Waals surface area contributed by atoms with E-state index in [1.54, 1.807) is 12.2 Å². The molecule has 1 unspecified atom stereocenters. The molecule has 0 spiro atoms. The van der Waals surface area contributed by atoms with Crippen LogP contribution in [-0.4, -0.2) is 34.7 Å². The topological polar surface area (TPSA) is 74.6 Å². The lowest BCUT2D eigenvalue weighted by Crippen LogP contribution is -2.45. The van der Waals surface area contributed by atoms with Gasteiger partial charge in [-0.25, -0.2) is 4.39 Å². The van der Waals surface area contributed by atoms with Gasteiger partial charge in [0.05, 0.1) is 6.61 Å². The molecule has 1 saturated carbocycles. The van der Waals surface area contributed by atoms with Crippen molar-refractivity contribution < 1.29 is 24.2 Å². The summed E-state index contributed by atoms with van der Waals surface area (Å²) in [6.07, 6.45) is 8.55. The predicted molar refractivity (Wildman–Crippen MR) is 96.1 cm³/mol. The first-order valence-corrected chi connectivity index (χ1v) is 9.65. The highest BCUT2D eigenvalue weighted by molar-refractivity contribution is 6.03.